The van der Waals surface area contributed by atoms with Crippen molar-refractivity contribution in [2.75, 3.05) is 39.3 Å². The Labute approximate surface area is 225 Å². The molecule has 0 spiro atoms. The number of rotatable bonds is 5. The number of aliphatic hydroxyl groups is 1. The van der Waals surface area contributed by atoms with Gasteiger partial charge in [0.05, 0.1) is 6.61 Å². The number of amides is 1. The van der Waals surface area contributed by atoms with Crippen molar-refractivity contribution in [2.24, 2.45) is 7.05 Å². The number of Topliss-reactive ketones (excluding diaryl/α,β-unsaturated/α-hetero) is 1. The van der Waals surface area contributed by atoms with Gasteiger partial charge in [-0.05, 0) is 47.5 Å². The minimum atomic E-state index is -0.370. The van der Waals surface area contributed by atoms with Crippen molar-refractivity contribution < 1.29 is 24.5 Å². The Balaban J connectivity index is 1.30. The predicted octanol–water partition coefficient (Wildman–Crippen LogP) is 3.31. The number of carbonyl (C=O) groups excluding carboxylic acids is 2. The highest BCUT2D eigenvalue weighted by molar-refractivity contribution is 6.17. The molecule has 2 aliphatic rings. The number of ketones is 1. The second-order valence-corrected chi connectivity index (χ2v) is 9.78. The van der Waals surface area contributed by atoms with Crippen LogP contribution < -0.4 is 4.74 Å². The Bertz CT molecular complexity index is 1610. The van der Waals surface area contributed by atoms with Crippen LogP contribution in [0.3, 0.4) is 0 Å². The second-order valence-electron chi connectivity index (χ2n) is 9.78. The average molecular weight is 525 g/mol. The summed E-state index contributed by atoms with van der Waals surface area (Å²) >= 11 is 0. The van der Waals surface area contributed by atoms with Gasteiger partial charge in [-0.15, -0.1) is 0 Å². The van der Waals surface area contributed by atoms with Crippen LogP contribution in [-0.4, -0.2) is 80.6 Å². The summed E-state index contributed by atoms with van der Waals surface area (Å²) in [6, 6.07) is 14.2. The van der Waals surface area contributed by atoms with Crippen LogP contribution in [0.4, 0.5) is 0 Å². The maximum Gasteiger partial charge on any atom is 0.253 e. The van der Waals surface area contributed by atoms with Crippen molar-refractivity contribution in [2.45, 2.75) is 0 Å². The first kappa shape index (κ1) is 24.8. The van der Waals surface area contributed by atoms with Crippen molar-refractivity contribution in [1.29, 1.82) is 0 Å². The van der Waals surface area contributed by atoms with E-state index in [9.17, 15) is 14.7 Å². The van der Waals surface area contributed by atoms with E-state index in [2.05, 4.69) is 9.88 Å². The van der Waals surface area contributed by atoms with E-state index in [1.54, 1.807) is 24.4 Å². The number of phenols is 1. The second kappa shape index (κ2) is 10.0. The molecule has 4 aromatic rings. The first-order valence-corrected chi connectivity index (χ1v) is 12.9. The van der Waals surface area contributed by atoms with Gasteiger partial charge in [0.25, 0.3) is 5.91 Å². The van der Waals surface area contributed by atoms with E-state index in [1.165, 1.54) is 6.07 Å². The lowest BCUT2D eigenvalue weighted by atomic mass is 9.99. The molecule has 9 nitrogen and oxygen atoms in total. The fourth-order valence-electron chi connectivity index (χ4n) is 5.34. The molecule has 9 heteroatoms. The molecule has 1 saturated heterocycles. The zero-order valence-electron chi connectivity index (χ0n) is 21.5. The number of benzene rings is 2. The molecule has 2 N–H and O–H groups in total. The summed E-state index contributed by atoms with van der Waals surface area (Å²) in [4.78, 5) is 34.6. The largest absolute Gasteiger partial charge is 0.507 e. The molecule has 4 heterocycles. The van der Waals surface area contributed by atoms with Crippen LogP contribution in [0.1, 0.15) is 26.3 Å². The molecule has 198 valence electrons. The third-order valence-electron chi connectivity index (χ3n) is 7.37. The van der Waals surface area contributed by atoms with E-state index in [-0.39, 0.29) is 35.4 Å². The molecular weight excluding hydrogens is 496 g/mol. The van der Waals surface area contributed by atoms with Gasteiger partial charge in [-0.2, -0.15) is 0 Å². The Morgan fingerprint density at radius 2 is 1.85 bits per heavy atom. The monoisotopic (exact) mass is 524 g/mol. The molecule has 1 fully saturated rings. The quantitative estimate of drug-likeness (QED) is 0.386. The summed E-state index contributed by atoms with van der Waals surface area (Å²) in [5.41, 5.74) is 4.11. The Morgan fingerprint density at radius 3 is 2.56 bits per heavy atom. The summed E-state index contributed by atoms with van der Waals surface area (Å²) in [5.74, 6) is -0.0166. The van der Waals surface area contributed by atoms with Crippen LogP contribution in [0, 0.1) is 0 Å². The molecule has 39 heavy (non-hydrogen) atoms. The van der Waals surface area contributed by atoms with E-state index in [0.717, 1.165) is 40.8 Å². The molecule has 0 bridgehead atoms. The number of fused-ring (bicyclic) bond motifs is 2. The standard InChI is InChI=1S/C30H28N4O5/c1-32-18-21(17-25-28(37)27-23(36)3-2-4-24(27)39-25)26-22(9-10-31-29(26)32)19-5-7-20(8-6-19)30(38)34-13-11-33(12-14-34)15-16-35/h2-10,17-18,35-36H,11-16H2,1H3/b25-17-. The molecule has 6 rings (SSSR count). The van der Waals surface area contributed by atoms with Gasteiger partial charge in [-0.1, -0.05) is 18.2 Å². The first-order valence-electron chi connectivity index (χ1n) is 12.9. The molecule has 0 aliphatic carbocycles. The van der Waals surface area contributed by atoms with E-state index in [1.807, 2.05) is 53.0 Å². The Kier molecular flexibility index (Phi) is 6.38. The van der Waals surface area contributed by atoms with E-state index < -0.39 is 0 Å². The number of pyridine rings is 1. The van der Waals surface area contributed by atoms with Crippen LogP contribution in [0.2, 0.25) is 0 Å². The van der Waals surface area contributed by atoms with E-state index >= 15 is 0 Å². The maximum atomic E-state index is 13.1. The number of aliphatic hydroxyl groups excluding tert-OH is 1. The molecule has 0 unspecified atom stereocenters. The van der Waals surface area contributed by atoms with Gasteiger partial charge >= 0.3 is 0 Å². The summed E-state index contributed by atoms with van der Waals surface area (Å²) in [6.45, 7) is 3.53. The Morgan fingerprint density at radius 1 is 1.08 bits per heavy atom. The number of aryl methyl sites for hydroxylation is 1. The fraction of sp³-hybridized carbons (Fsp3) is 0.233. The number of aromatic nitrogens is 2. The number of β-amino-alcohol motifs (C(OH)–C–C–N with tert-alkyl or cyclic N) is 1. The lowest BCUT2D eigenvalue weighted by Crippen LogP contribution is -2.49. The highest BCUT2D eigenvalue weighted by atomic mass is 16.5. The summed E-state index contributed by atoms with van der Waals surface area (Å²) < 4.78 is 7.68. The first-order chi connectivity index (χ1) is 18.9. The van der Waals surface area contributed by atoms with Gasteiger partial charge in [0, 0.05) is 68.7 Å². The number of nitrogens with zero attached hydrogens (tertiary/aromatic N) is 4. The Hall–Kier alpha value is -4.47. The summed E-state index contributed by atoms with van der Waals surface area (Å²) in [5, 5.41) is 20.1. The van der Waals surface area contributed by atoms with Crippen LogP contribution >= 0.6 is 0 Å². The number of aromatic hydroxyl groups is 1. The molecule has 0 radical (unpaired) electrons. The SMILES string of the molecule is Cn1cc(/C=C2\Oc3cccc(O)c3C2=O)c2c(-c3ccc(C(=O)N4CCN(CCO)CC4)cc3)ccnc21. The van der Waals surface area contributed by atoms with Crippen LogP contribution in [-0.2, 0) is 7.05 Å². The van der Waals surface area contributed by atoms with Crippen molar-refractivity contribution >= 4 is 28.8 Å². The highest BCUT2D eigenvalue weighted by Crippen LogP contribution is 2.39. The lowest BCUT2D eigenvalue weighted by molar-refractivity contribution is 0.0615. The molecule has 2 aromatic carbocycles. The normalized spacial score (nSPS) is 16.6. The summed E-state index contributed by atoms with van der Waals surface area (Å²) in [6.07, 6.45) is 5.32. The van der Waals surface area contributed by atoms with Gasteiger partial charge in [0.15, 0.2) is 5.76 Å². The number of allylic oxidation sites excluding steroid dienone is 1. The average Bonchev–Trinajstić information content (AvgIpc) is 3.45. The maximum absolute atomic E-state index is 13.1. The number of piperazine rings is 1. The summed E-state index contributed by atoms with van der Waals surface area (Å²) in [7, 11) is 1.89. The van der Waals surface area contributed by atoms with Crippen molar-refractivity contribution in [3.05, 3.63) is 83.4 Å². The van der Waals surface area contributed by atoms with Crippen molar-refractivity contribution in [1.82, 2.24) is 19.4 Å². The van der Waals surface area contributed by atoms with Gasteiger partial charge in [-0.25, -0.2) is 4.98 Å². The van der Waals surface area contributed by atoms with Gasteiger partial charge < -0.3 is 24.4 Å². The molecule has 1 amide bonds. The molecule has 2 aromatic heterocycles. The van der Waals surface area contributed by atoms with Crippen molar-refractivity contribution in [3.8, 4) is 22.6 Å². The predicted molar refractivity (Wildman–Crippen MR) is 147 cm³/mol. The number of carbonyl (C=O) groups is 2. The fourth-order valence-corrected chi connectivity index (χ4v) is 5.34. The van der Waals surface area contributed by atoms with Crippen LogP contribution in [0.15, 0.2) is 66.7 Å². The van der Waals surface area contributed by atoms with Gasteiger partial charge in [-0.3, -0.25) is 14.5 Å². The smallest absolute Gasteiger partial charge is 0.253 e. The molecule has 2 aliphatic heterocycles. The third-order valence-corrected chi connectivity index (χ3v) is 7.37. The number of hydrogen-bond acceptors (Lipinski definition) is 7. The van der Waals surface area contributed by atoms with Gasteiger partial charge in [0.1, 0.15) is 22.7 Å². The number of ether oxygens (including phenoxy) is 1. The highest BCUT2D eigenvalue weighted by Gasteiger charge is 2.31. The zero-order chi connectivity index (χ0) is 27.1. The van der Waals surface area contributed by atoms with Crippen molar-refractivity contribution in [3.63, 3.8) is 0 Å². The number of phenolic OH excluding ortho intramolecular Hbond substituents is 1. The van der Waals surface area contributed by atoms with E-state index in [0.29, 0.717) is 30.9 Å². The number of hydrogen-bond donors (Lipinski definition) is 2. The lowest BCUT2D eigenvalue weighted by Gasteiger charge is -2.34. The third kappa shape index (κ3) is 4.45. The zero-order valence-corrected chi connectivity index (χ0v) is 21.5. The van der Waals surface area contributed by atoms with Crippen LogP contribution in [0.5, 0.6) is 11.5 Å². The molecular formula is C30H28N4O5. The van der Waals surface area contributed by atoms with Crippen LogP contribution in [0.25, 0.3) is 28.2 Å². The van der Waals surface area contributed by atoms with Gasteiger partial charge in [0.2, 0.25) is 5.78 Å². The minimum Gasteiger partial charge on any atom is -0.507 e. The molecule has 0 saturated carbocycles. The van der Waals surface area contributed by atoms with E-state index in [4.69, 9.17) is 9.84 Å². The minimum absolute atomic E-state index is 0.00470. The molecule has 0 atom stereocenters. The topological polar surface area (TPSA) is 108 Å².